The molecule has 30 heavy (non-hydrogen) atoms. The lowest BCUT2D eigenvalue weighted by Crippen LogP contribution is -2.35. The van der Waals surface area contributed by atoms with Crippen molar-refractivity contribution >= 4 is 12.1 Å². The number of amides is 1. The molecule has 1 amide bonds. The number of nitrogens with zero attached hydrogens (tertiary/aromatic N) is 2. The van der Waals surface area contributed by atoms with Gasteiger partial charge in [0.05, 0.1) is 32.6 Å². The van der Waals surface area contributed by atoms with Crippen LogP contribution in [-0.2, 0) is 11.3 Å². The van der Waals surface area contributed by atoms with Gasteiger partial charge in [-0.05, 0) is 55.3 Å². The van der Waals surface area contributed by atoms with Gasteiger partial charge in [0.15, 0.2) is 11.5 Å². The Morgan fingerprint density at radius 1 is 1.07 bits per heavy atom. The summed E-state index contributed by atoms with van der Waals surface area (Å²) in [6, 6.07) is 13.2. The molecule has 160 valence electrons. The van der Waals surface area contributed by atoms with E-state index in [4.69, 9.17) is 14.2 Å². The number of carbonyl (C=O) groups excluding carboxylic acids is 1. The fraction of sp³-hybridized carbons (Fsp3) is 0.391. The van der Waals surface area contributed by atoms with Crippen molar-refractivity contribution in [3.8, 4) is 11.5 Å². The monoisotopic (exact) mass is 411 g/mol. The predicted octanol–water partition coefficient (Wildman–Crippen LogP) is 3.08. The Kier molecular flexibility index (Phi) is 8.23. The van der Waals surface area contributed by atoms with E-state index in [1.54, 1.807) is 6.21 Å². The van der Waals surface area contributed by atoms with E-state index in [1.165, 1.54) is 5.56 Å². The van der Waals surface area contributed by atoms with Gasteiger partial charge in [0.2, 0.25) is 0 Å². The van der Waals surface area contributed by atoms with Crippen LogP contribution in [0, 0.1) is 0 Å². The number of hydrazone groups is 1. The van der Waals surface area contributed by atoms with Crippen LogP contribution in [-0.4, -0.2) is 56.5 Å². The molecule has 1 aliphatic rings. The van der Waals surface area contributed by atoms with E-state index in [0.717, 1.165) is 38.4 Å². The molecule has 7 heteroatoms. The zero-order valence-corrected chi connectivity index (χ0v) is 17.6. The molecule has 1 saturated heterocycles. The van der Waals surface area contributed by atoms with Crippen LogP contribution >= 0.6 is 0 Å². The second-order valence-electron chi connectivity index (χ2n) is 6.86. The topological polar surface area (TPSA) is 72.4 Å². The molecule has 0 bridgehead atoms. The first-order valence-electron chi connectivity index (χ1n) is 10.3. The number of hydrogen-bond donors (Lipinski definition) is 1. The number of morpholine rings is 1. The van der Waals surface area contributed by atoms with E-state index >= 15 is 0 Å². The summed E-state index contributed by atoms with van der Waals surface area (Å²) in [7, 11) is 0. The summed E-state index contributed by atoms with van der Waals surface area (Å²) in [6.45, 7) is 9.24. The first kappa shape index (κ1) is 21.8. The van der Waals surface area contributed by atoms with Crippen molar-refractivity contribution in [3.63, 3.8) is 0 Å². The zero-order chi connectivity index (χ0) is 21.2. The van der Waals surface area contributed by atoms with Crippen molar-refractivity contribution in [2.75, 3.05) is 39.5 Å². The minimum atomic E-state index is -0.250. The summed E-state index contributed by atoms with van der Waals surface area (Å²) in [5, 5.41) is 4.07. The van der Waals surface area contributed by atoms with E-state index < -0.39 is 0 Å². The Bertz CT molecular complexity index is 846. The average Bonchev–Trinajstić information content (AvgIpc) is 2.77. The second-order valence-corrected chi connectivity index (χ2v) is 6.86. The van der Waals surface area contributed by atoms with Crippen LogP contribution in [0.3, 0.4) is 0 Å². The fourth-order valence-electron chi connectivity index (χ4n) is 3.16. The molecule has 2 aromatic rings. The molecule has 1 N–H and O–H groups in total. The maximum absolute atomic E-state index is 12.3. The van der Waals surface area contributed by atoms with E-state index in [1.807, 2.05) is 56.3 Å². The summed E-state index contributed by atoms with van der Waals surface area (Å²) in [5.74, 6) is 1.10. The predicted molar refractivity (Wildman–Crippen MR) is 116 cm³/mol. The Morgan fingerprint density at radius 2 is 1.77 bits per heavy atom. The van der Waals surface area contributed by atoms with E-state index in [2.05, 4.69) is 15.4 Å². The molecule has 1 heterocycles. The quantitative estimate of drug-likeness (QED) is 0.507. The van der Waals surface area contributed by atoms with Crippen LogP contribution in [0.4, 0.5) is 0 Å². The van der Waals surface area contributed by atoms with Gasteiger partial charge >= 0.3 is 0 Å². The molecule has 1 fully saturated rings. The fourth-order valence-corrected chi connectivity index (χ4v) is 3.16. The third-order valence-corrected chi connectivity index (χ3v) is 4.67. The largest absolute Gasteiger partial charge is 0.490 e. The van der Waals surface area contributed by atoms with Gasteiger partial charge < -0.3 is 14.2 Å². The first-order chi connectivity index (χ1) is 14.7. The van der Waals surface area contributed by atoms with Gasteiger partial charge in [0.25, 0.3) is 5.91 Å². The highest BCUT2D eigenvalue weighted by Gasteiger charge is 2.11. The number of rotatable bonds is 9. The molecule has 0 unspecified atom stereocenters. The summed E-state index contributed by atoms with van der Waals surface area (Å²) < 4.78 is 16.5. The minimum Gasteiger partial charge on any atom is -0.490 e. The summed E-state index contributed by atoms with van der Waals surface area (Å²) in [5.41, 5.74) is 5.12. The van der Waals surface area contributed by atoms with Crippen LogP contribution < -0.4 is 14.9 Å². The highest BCUT2D eigenvalue weighted by molar-refractivity contribution is 5.94. The molecule has 1 aliphatic heterocycles. The van der Waals surface area contributed by atoms with Gasteiger partial charge in [-0.3, -0.25) is 9.69 Å². The van der Waals surface area contributed by atoms with Crippen LogP contribution in [0.2, 0.25) is 0 Å². The van der Waals surface area contributed by atoms with Gasteiger partial charge in [0.1, 0.15) is 0 Å². The molecule has 0 atom stereocenters. The van der Waals surface area contributed by atoms with Crippen LogP contribution in [0.25, 0.3) is 0 Å². The van der Waals surface area contributed by atoms with E-state index in [9.17, 15) is 4.79 Å². The van der Waals surface area contributed by atoms with Gasteiger partial charge in [-0.15, -0.1) is 0 Å². The molecule has 3 rings (SSSR count). The average molecular weight is 412 g/mol. The maximum atomic E-state index is 12.3. The molecule has 0 saturated carbocycles. The van der Waals surface area contributed by atoms with Crippen molar-refractivity contribution in [1.29, 1.82) is 0 Å². The number of hydrogen-bond acceptors (Lipinski definition) is 6. The second kappa shape index (κ2) is 11.3. The first-order valence-corrected chi connectivity index (χ1v) is 10.3. The van der Waals surface area contributed by atoms with Crippen LogP contribution in [0.1, 0.15) is 35.3 Å². The molecule has 0 spiro atoms. The van der Waals surface area contributed by atoms with Gasteiger partial charge in [-0.2, -0.15) is 5.10 Å². The lowest BCUT2D eigenvalue weighted by molar-refractivity contribution is 0.0342. The minimum absolute atomic E-state index is 0.250. The molecular weight excluding hydrogens is 382 g/mol. The van der Waals surface area contributed by atoms with Gasteiger partial charge in [-0.1, -0.05) is 12.1 Å². The van der Waals surface area contributed by atoms with E-state index in [0.29, 0.717) is 30.3 Å². The number of carbonyl (C=O) groups is 1. The Balaban J connectivity index is 1.55. The Hall–Kier alpha value is -2.90. The lowest BCUT2D eigenvalue weighted by atomic mass is 10.1. The van der Waals surface area contributed by atoms with Crippen molar-refractivity contribution in [2.45, 2.75) is 20.4 Å². The molecule has 0 aliphatic carbocycles. The third kappa shape index (κ3) is 6.30. The summed E-state index contributed by atoms with van der Waals surface area (Å²) in [6.07, 6.45) is 1.59. The molecule has 0 radical (unpaired) electrons. The SMILES string of the molecule is CCOc1ccc(/C=N\NC(=O)c2ccc(CN3CCOCC3)cc2)cc1OCC. The third-order valence-electron chi connectivity index (χ3n) is 4.67. The molecule has 0 aromatic heterocycles. The van der Waals surface area contributed by atoms with Crippen LogP contribution in [0.5, 0.6) is 11.5 Å². The van der Waals surface area contributed by atoms with Crippen molar-refractivity contribution in [3.05, 3.63) is 59.2 Å². The Labute approximate surface area is 177 Å². The number of ether oxygens (including phenoxy) is 3. The summed E-state index contributed by atoms with van der Waals surface area (Å²) >= 11 is 0. The smallest absolute Gasteiger partial charge is 0.271 e. The molecule has 7 nitrogen and oxygen atoms in total. The van der Waals surface area contributed by atoms with Crippen molar-refractivity contribution in [1.82, 2.24) is 10.3 Å². The van der Waals surface area contributed by atoms with Crippen molar-refractivity contribution < 1.29 is 19.0 Å². The standard InChI is InChI=1S/C23H29N3O4/c1-3-29-21-10-7-19(15-22(21)30-4-2)16-24-25-23(27)20-8-5-18(6-9-20)17-26-11-13-28-14-12-26/h5-10,15-16H,3-4,11-14,17H2,1-2H3,(H,25,27)/b24-16-. The highest BCUT2D eigenvalue weighted by atomic mass is 16.5. The Morgan fingerprint density at radius 3 is 2.47 bits per heavy atom. The van der Waals surface area contributed by atoms with Gasteiger partial charge in [-0.25, -0.2) is 5.43 Å². The number of benzene rings is 2. The maximum Gasteiger partial charge on any atom is 0.271 e. The van der Waals surface area contributed by atoms with Crippen LogP contribution in [0.15, 0.2) is 47.6 Å². The lowest BCUT2D eigenvalue weighted by Gasteiger charge is -2.26. The van der Waals surface area contributed by atoms with Crippen molar-refractivity contribution in [2.24, 2.45) is 5.10 Å². The number of nitrogens with one attached hydrogen (secondary N) is 1. The highest BCUT2D eigenvalue weighted by Crippen LogP contribution is 2.27. The summed E-state index contributed by atoms with van der Waals surface area (Å²) in [4.78, 5) is 14.7. The molecular formula is C23H29N3O4. The van der Waals surface area contributed by atoms with Gasteiger partial charge in [0, 0.05) is 25.2 Å². The zero-order valence-electron chi connectivity index (χ0n) is 17.6. The van der Waals surface area contributed by atoms with E-state index in [-0.39, 0.29) is 5.91 Å². The molecule has 2 aromatic carbocycles. The normalized spacial score (nSPS) is 14.6.